The summed E-state index contributed by atoms with van der Waals surface area (Å²) in [5, 5.41) is 0. The average molecular weight is 177 g/mol. The highest BCUT2D eigenvalue weighted by Crippen LogP contribution is 2.23. The van der Waals surface area contributed by atoms with Gasteiger partial charge in [0.25, 0.3) is 0 Å². The van der Waals surface area contributed by atoms with Gasteiger partial charge >= 0.3 is 32.3 Å². The lowest BCUT2D eigenvalue weighted by Gasteiger charge is -2.04. The Labute approximate surface area is 57.7 Å². The maximum Gasteiger partial charge on any atom is 0.520 e. The predicted octanol–water partition coefficient (Wildman–Crippen LogP) is -0.332. The van der Waals surface area contributed by atoms with Gasteiger partial charge in [0.05, 0.1) is 0 Å². The zero-order valence-electron chi connectivity index (χ0n) is 3.97. The van der Waals surface area contributed by atoms with Gasteiger partial charge in [0.15, 0.2) is 0 Å². The summed E-state index contributed by atoms with van der Waals surface area (Å²) in [7, 11) is -5.32. The van der Waals surface area contributed by atoms with Crippen LogP contribution in [0.3, 0.4) is 0 Å². The molecule has 0 aromatic carbocycles. The maximum absolute atomic E-state index is 11.1. The van der Waals surface area contributed by atoms with Crippen LogP contribution in [0.5, 0.6) is 0 Å². The Hall–Kier alpha value is 0.232. The van der Waals surface area contributed by atoms with E-state index in [4.69, 9.17) is 0 Å². The molecule has 0 aliphatic carbocycles. The molecule has 0 aromatic rings. The van der Waals surface area contributed by atoms with E-state index in [0.29, 0.717) is 0 Å². The van der Waals surface area contributed by atoms with Crippen LogP contribution < -0.4 is 0 Å². The molecule has 0 amide bonds. The van der Waals surface area contributed by atoms with Gasteiger partial charge < -0.3 is 3.23 Å². The fraction of sp³-hybridized carbons (Fsp3) is 1.00. The van der Waals surface area contributed by atoms with Crippen LogP contribution >= 0.6 is 0 Å². The lowest BCUT2D eigenvalue weighted by Crippen LogP contribution is -2.24. The zero-order chi connectivity index (χ0) is 7.71. The number of rotatable bonds is 1. The van der Waals surface area contributed by atoms with Gasteiger partial charge in [-0.3, -0.25) is 0 Å². The molecule has 0 unspecified atom stereocenters. The smallest absolute Gasteiger partial charge is 0.408 e. The van der Waals surface area contributed by atoms with Crippen molar-refractivity contribution < 1.29 is 24.8 Å². The number of alkyl halides is 3. The molecular formula is CHAlF3O3S. The van der Waals surface area contributed by atoms with E-state index in [0.717, 1.165) is 0 Å². The molecule has 0 fully saturated rings. The molecule has 1 radical (unpaired) electrons. The molecule has 0 saturated carbocycles. The molecule has 0 atom stereocenters. The molecule has 0 saturated heterocycles. The van der Waals surface area contributed by atoms with Crippen molar-refractivity contribution >= 4 is 26.7 Å². The van der Waals surface area contributed by atoms with Gasteiger partial charge in [0.2, 0.25) is 0 Å². The van der Waals surface area contributed by atoms with Crippen molar-refractivity contribution in [2.24, 2.45) is 0 Å². The summed E-state index contributed by atoms with van der Waals surface area (Å²) in [6, 6.07) is 0. The SMILES string of the molecule is O=S(=O)([O][AlH])C(F)(F)F. The van der Waals surface area contributed by atoms with Gasteiger partial charge in [0.1, 0.15) is 0 Å². The van der Waals surface area contributed by atoms with Crippen molar-refractivity contribution in [1.29, 1.82) is 0 Å². The van der Waals surface area contributed by atoms with Crippen LogP contribution in [0.2, 0.25) is 0 Å². The van der Waals surface area contributed by atoms with Crippen LogP contribution in [0.1, 0.15) is 0 Å². The highest BCUT2D eigenvalue weighted by atomic mass is 32.2. The molecule has 3 nitrogen and oxygen atoms in total. The van der Waals surface area contributed by atoms with Crippen LogP contribution in [0, 0.1) is 0 Å². The molecule has 0 aromatic heterocycles. The first kappa shape index (κ1) is 9.23. The fourth-order valence-electron chi connectivity index (χ4n) is 0.0668. The van der Waals surface area contributed by atoms with Crippen molar-refractivity contribution in [3.05, 3.63) is 0 Å². The lowest BCUT2D eigenvalue weighted by atomic mass is 11.6. The predicted molar refractivity (Wildman–Crippen MR) is 23.2 cm³/mol. The van der Waals surface area contributed by atoms with E-state index < -0.39 is 15.6 Å². The van der Waals surface area contributed by atoms with Crippen LogP contribution in [0.15, 0.2) is 0 Å². The monoisotopic (exact) mass is 177 g/mol. The van der Waals surface area contributed by atoms with Crippen LogP contribution in [-0.2, 0) is 13.4 Å². The highest BCUT2D eigenvalue weighted by Gasteiger charge is 2.45. The third-order valence-electron chi connectivity index (χ3n) is 0.439. The largest absolute Gasteiger partial charge is 0.520 e. The van der Waals surface area contributed by atoms with Gasteiger partial charge in [-0.05, 0) is 0 Å². The summed E-state index contributed by atoms with van der Waals surface area (Å²) in [6.45, 7) is 0. The standard InChI is InChI=1S/CHF3O3S.Al.H/c2-1(3,4)8(5,6)7;;/h(H,5,6,7);;/q;+1;/p-1. The quantitative estimate of drug-likeness (QED) is 0.406. The number of hydrogen-bond acceptors (Lipinski definition) is 3. The van der Waals surface area contributed by atoms with Crippen LogP contribution in [0.4, 0.5) is 13.2 Å². The molecule has 0 aliphatic rings. The number of halogens is 3. The Morgan fingerprint density at radius 1 is 1.33 bits per heavy atom. The topological polar surface area (TPSA) is 43.4 Å². The minimum absolute atomic E-state index is 0.262. The maximum atomic E-state index is 11.1. The molecule has 9 heavy (non-hydrogen) atoms. The summed E-state index contributed by atoms with van der Waals surface area (Å²) in [5.74, 6) is 0. The van der Waals surface area contributed by atoms with Gasteiger partial charge in [-0.15, -0.1) is 0 Å². The summed E-state index contributed by atoms with van der Waals surface area (Å²) in [6.07, 6.45) is 0. The molecule has 0 aliphatic heterocycles. The Balaban J connectivity index is 4.57. The zero-order valence-corrected chi connectivity index (χ0v) is 6.20. The van der Waals surface area contributed by atoms with Gasteiger partial charge in [-0.25, -0.2) is 0 Å². The van der Waals surface area contributed by atoms with Gasteiger partial charge in [-0.1, -0.05) is 0 Å². The molecule has 53 valence electrons. The molecule has 0 rings (SSSR count). The van der Waals surface area contributed by atoms with Gasteiger partial charge in [-0.2, -0.15) is 21.6 Å². The third kappa shape index (κ3) is 2.14. The Morgan fingerprint density at radius 3 is 1.67 bits per heavy atom. The second-order valence-corrected chi connectivity index (χ2v) is 3.33. The van der Waals surface area contributed by atoms with Gasteiger partial charge in [0, 0.05) is 0 Å². The second-order valence-electron chi connectivity index (χ2n) is 1.02. The first-order valence-corrected chi connectivity index (χ1v) is 3.55. The fourth-order valence-corrected chi connectivity index (χ4v) is 0.601. The summed E-state index contributed by atoms with van der Waals surface area (Å²) in [4.78, 5) is 0. The van der Waals surface area contributed by atoms with E-state index in [1.807, 2.05) is 0 Å². The van der Waals surface area contributed by atoms with Crippen molar-refractivity contribution in [2.45, 2.75) is 5.51 Å². The number of hydrogen-bond donors (Lipinski definition) is 0. The van der Waals surface area contributed by atoms with Crippen molar-refractivity contribution in [2.75, 3.05) is 0 Å². The van der Waals surface area contributed by atoms with E-state index in [1.54, 1.807) is 0 Å². The highest BCUT2D eigenvalue weighted by molar-refractivity contribution is 7.88. The first-order valence-electron chi connectivity index (χ1n) is 1.56. The first-order chi connectivity index (χ1) is 3.81. The van der Waals surface area contributed by atoms with Crippen molar-refractivity contribution in [1.82, 2.24) is 0 Å². The Kier molecular flexibility index (Phi) is 2.52. The minimum Gasteiger partial charge on any atom is -0.408 e. The molecular weight excluding hydrogens is 176 g/mol. The lowest BCUT2D eigenvalue weighted by molar-refractivity contribution is -0.0497. The summed E-state index contributed by atoms with van der Waals surface area (Å²) >= 11 is 0.262. The Morgan fingerprint density at radius 2 is 1.67 bits per heavy atom. The van der Waals surface area contributed by atoms with E-state index in [9.17, 15) is 21.6 Å². The molecule has 0 spiro atoms. The summed E-state index contributed by atoms with van der Waals surface area (Å²) in [5.41, 5.74) is -5.30. The van der Waals surface area contributed by atoms with Crippen molar-refractivity contribution in [3.63, 3.8) is 0 Å². The van der Waals surface area contributed by atoms with Crippen molar-refractivity contribution in [3.8, 4) is 0 Å². The molecule has 0 heterocycles. The third-order valence-corrected chi connectivity index (χ3v) is 2.25. The van der Waals surface area contributed by atoms with E-state index in [2.05, 4.69) is 3.23 Å². The molecule has 0 N–H and O–H groups in total. The van der Waals surface area contributed by atoms with Crippen LogP contribution in [-0.4, -0.2) is 30.5 Å². The van der Waals surface area contributed by atoms with E-state index >= 15 is 0 Å². The minimum atomic E-state index is -5.32. The van der Waals surface area contributed by atoms with Crippen LogP contribution in [0.25, 0.3) is 0 Å². The molecule has 0 bridgehead atoms. The normalized spacial score (nSPS) is 13.7. The Bertz CT molecular complexity index is 180. The average Bonchev–Trinajstić information content (AvgIpc) is 1.64. The summed E-state index contributed by atoms with van der Waals surface area (Å²) < 4.78 is 55.9. The second kappa shape index (κ2) is 2.46. The van der Waals surface area contributed by atoms with E-state index in [-0.39, 0.29) is 16.6 Å². The van der Waals surface area contributed by atoms with E-state index in [1.165, 1.54) is 0 Å². The molecule has 8 heteroatoms.